The molecule has 1 fully saturated rings. The number of hydrogen-bond donors (Lipinski definition) is 1. The summed E-state index contributed by atoms with van der Waals surface area (Å²) in [6.45, 7) is 2.68. The lowest BCUT2D eigenvalue weighted by atomic mass is 9.96. The lowest BCUT2D eigenvalue weighted by Crippen LogP contribution is -2.21. The summed E-state index contributed by atoms with van der Waals surface area (Å²) in [5.41, 5.74) is 0. The molecule has 0 aromatic rings. The zero-order valence-corrected chi connectivity index (χ0v) is 14.5. The van der Waals surface area contributed by atoms with Gasteiger partial charge in [0.2, 0.25) is 0 Å². The summed E-state index contributed by atoms with van der Waals surface area (Å²) in [4.78, 5) is 13.3. The largest absolute Gasteiger partial charge is 0.502 e. The molecule has 2 radical (unpaired) electrons. The zero-order chi connectivity index (χ0) is 16.8. The average Bonchev–Trinajstić information content (AvgIpc) is 2.66. The lowest BCUT2D eigenvalue weighted by Gasteiger charge is -2.21. The van der Waals surface area contributed by atoms with Crippen LogP contribution in [0.2, 0.25) is 0 Å². The van der Waals surface area contributed by atoms with Crippen molar-refractivity contribution in [3.05, 3.63) is 0 Å². The summed E-state index contributed by atoms with van der Waals surface area (Å²) < 4.78 is 48.2. The van der Waals surface area contributed by atoms with Crippen molar-refractivity contribution in [1.29, 1.82) is 0 Å². The summed E-state index contributed by atoms with van der Waals surface area (Å²) in [7, 11) is -0.713. The predicted octanol–water partition coefficient (Wildman–Crippen LogP) is 1.60. The molecule has 5 unspecified atom stereocenters. The van der Waals surface area contributed by atoms with Crippen LogP contribution in [-0.4, -0.2) is 57.9 Å². The molecule has 1 saturated heterocycles. The van der Waals surface area contributed by atoms with Gasteiger partial charge in [0.15, 0.2) is 0 Å². The normalized spacial score (nSPS) is 30.8. The van der Waals surface area contributed by atoms with Gasteiger partial charge in [-0.2, -0.15) is 0 Å². The molecule has 9 nitrogen and oxygen atoms in total. The summed E-state index contributed by atoms with van der Waals surface area (Å²) in [6, 6.07) is -0.507. The molecule has 1 aliphatic rings. The summed E-state index contributed by atoms with van der Waals surface area (Å²) in [6.07, 6.45) is -0.361. The van der Waals surface area contributed by atoms with Gasteiger partial charge >= 0.3 is 15.4 Å². The first kappa shape index (κ1) is 20.3. The molecule has 0 aromatic carbocycles. The Kier molecular flexibility index (Phi) is 8.23. The van der Waals surface area contributed by atoms with Crippen LogP contribution in [0.25, 0.3) is 0 Å². The summed E-state index contributed by atoms with van der Waals surface area (Å²) in [5.74, 6) is 0. The highest BCUT2D eigenvalue weighted by molar-refractivity contribution is 7.51. The molecule has 5 atom stereocenters. The fourth-order valence-electron chi connectivity index (χ4n) is 1.76. The van der Waals surface area contributed by atoms with Gasteiger partial charge in [-0.15, -0.1) is 4.67 Å². The summed E-state index contributed by atoms with van der Waals surface area (Å²) in [5, 5.41) is 0. The molecule has 0 bridgehead atoms. The maximum atomic E-state index is 12.3. The molecule has 1 N–H and O–H groups in total. The van der Waals surface area contributed by atoms with Crippen molar-refractivity contribution in [2.45, 2.75) is 38.0 Å². The maximum absolute atomic E-state index is 12.3. The number of phosphoric ester groups is 1. The van der Waals surface area contributed by atoms with Crippen molar-refractivity contribution in [2.24, 2.45) is 0 Å². The Labute approximate surface area is 131 Å². The van der Waals surface area contributed by atoms with E-state index in [4.69, 9.17) is 26.5 Å². The standard InChI is InChI=1S/C10H21BO9P2/c1-8-9(7-10(11)18-8)19-22(14,20-15-2)17-6-4-5-16-21(3,12)13/h8-10H,4-7H2,1-3H3,(H,12,13). The van der Waals surface area contributed by atoms with Crippen LogP contribution in [0.15, 0.2) is 0 Å². The van der Waals surface area contributed by atoms with Crippen LogP contribution in [-0.2, 0) is 37.0 Å². The minimum atomic E-state index is -3.96. The Morgan fingerprint density at radius 3 is 2.45 bits per heavy atom. The maximum Gasteiger partial charge on any atom is 0.502 e. The molecule has 12 heteroatoms. The van der Waals surface area contributed by atoms with Crippen molar-refractivity contribution in [3.8, 4) is 0 Å². The van der Waals surface area contributed by atoms with Gasteiger partial charge in [0, 0.05) is 12.7 Å². The van der Waals surface area contributed by atoms with Crippen molar-refractivity contribution < 1.29 is 41.9 Å². The van der Waals surface area contributed by atoms with Crippen molar-refractivity contribution in [3.63, 3.8) is 0 Å². The lowest BCUT2D eigenvalue weighted by molar-refractivity contribution is -0.204. The molecule has 1 aliphatic heterocycles. The Morgan fingerprint density at radius 2 is 1.95 bits per heavy atom. The van der Waals surface area contributed by atoms with E-state index in [9.17, 15) is 9.13 Å². The van der Waals surface area contributed by atoms with Gasteiger partial charge in [0.05, 0.1) is 32.5 Å². The highest BCUT2D eigenvalue weighted by Gasteiger charge is 2.39. The molecule has 1 rings (SSSR count). The second-order valence-electron chi connectivity index (χ2n) is 4.77. The van der Waals surface area contributed by atoms with E-state index in [1.807, 2.05) is 0 Å². The molecule has 0 aromatic heterocycles. The molecule has 1 heterocycles. The third kappa shape index (κ3) is 7.68. The van der Waals surface area contributed by atoms with Gasteiger partial charge in [-0.25, -0.2) is 9.45 Å². The van der Waals surface area contributed by atoms with E-state index in [2.05, 4.69) is 14.1 Å². The molecule has 0 saturated carbocycles. The highest BCUT2D eigenvalue weighted by atomic mass is 31.2. The van der Waals surface area contributed by atoms with E-state index >= 15 is 0 Å². The van der Waals surface area contributed by atoms with Crippen LogP contribution in [0.1, 0.15) is 19.8 Å². The number of rotatable bonds is 10. The third-order valence-electron chi connectivity index (χ3n) is 2.68. The summed E-state index contributed by atoms with van der Waals surface area (Å²) >= 11 is 0. The van der Waals surface area contributed by atoms with Crippen molar-refractivity contribution >= 4 is 23.3 Å². The molecule has 22 heavy (non-hydrogen) atoms. The number of ether oxygens (including phenoxy) is 1. The second-order valence-corrected chi connectivity index (χ2v) is 8.15. The van der Waals surface area contributed by atoms with Gasteiger partial charge in [0.1, 0.15) is 7.85 Å². The van der Waals surface area contributed by atoms with Crippen LogP contribution >= 0.6 is 15.4 Å². The van der Waals surface area contributed by atoms with E-state index < -0.39 is 27.5 Å². The van der Waals surface area contributed by atoms with Gasteiger partial charge in [0.25, 0.3) is 0 Å². The third-order valence-corrected chi connectivity index (χ3v) is 4.70. The average molecular weight is 358 g/mol. The highest BCUT2D eigenvalue weighted by Crippen LogP contribution is 2.52. The van der Waals surface area contributed by atoms with Crippen LogP contribution < -0.4 is 0 Å². The van der Waals surface area contributed by atoms with Crippen molar-refractivity contribution in [2.75, 3.05) is 27.0 Å². The van der Waals surface area contributed by atoms with Gasteiger partial charge in [-0.1, -0.05) is 0 Å². The zero-order valence-electron chi connectivity index (χ0n) is 12.7. The Morgan fingerprint density at radius 1 is 1.32 bits per heavy atom. The van der Waals surface area contributed by atoms with Crippen LogP contribution in [0.4, 0.5) is 0 Å². The predicted molar refractivity (Wildman–Crippen MR) is 77.5 cm³/mol. The Balaban J connectivity index is 2.42. The fourth-order valence-corrected chi connectivity index (χ4v) is 3.50. The van der Waals surface area contributed by atoms with Gasteiger partial charge < -0.3 is 14.2 Å². The molecular formula is C10H21BO9P2. The number of hydrogen-bond acceptors (Lipinski definition) is 8. The van der Waals surface area contributed by atoms with E-state index in [0.717, 1.165) is 6.66 Å². The molecule has 0 aliphatic carbocycles. The van der Waals surface area contributed by atoms with E-state index in [1.165, 1.54) is 7.11 Å². The Bertz CT molecular complexity index is 429. The van der Waals surface area contributed by atoms with E-state index in [1.54, 1.807) is 6.92 Å². The second kappa shape index (κ2) is 8.92. The fraction of sp³-hybridized carbons (Fsp3) is 1.00. The van der Waals surface area contributed by atoms with Crippen molar-refractivity contribution in [1.82, 2.24) is 0 Å². The molecule has 128 valence electrons. The molecule has 0 amide bonds. The van der Waals surface area contributed by atoms with Gasteiger partial charge in [-0.05, 0) is 19.8 Å². The molecule has 0 spiro atoms. The SMILES string of the molecule is [B]C1CC(OP(=O)(OCCCOP(C)(=O)O)OOC)C(C)O1. The topological polar surface area (TPSA) is 110 Å². The minimum absolute atomic E-state index is 0.0366. The van der Waals surface area contributed by atoms with Crippen LogP contribution in [0.5, 0.6) is 0 Å². The Hall–Kier alpha value is 0.245. The monoisotopic (exact) mass is 358 g/mol. The quantitative estimate of drug-likeness (QED) is 0.205. The van der Waals surface area contributed by atoms with E-state index in [0.29, 0.717) is 6.42 Å². The van der Waals surface area contributed by atoms with Crippen LogP contribution in [0, 0.1) is 0 Å². The van der Waals surface area contributed by atoms with Gasteiger partial charge in [-0.3, -0.25) is 13.6 Å². The smallest absolute Gasteiger partial charge is 0.382 e. The van der Waals surface area contributed by atoms with Crippen LogP contribution in [0.3, 0.4) is 0 Å². The van der Waals surface area contributed by atoms with E-state index in [-0.39, 0.29) is 25.7 Å². The minimum Gasteiger partial charge on any atom is -0.382 e. The first-order chi connectivity index (χ1) is 10.2. The first-order valence-corrected chi connectivity index (χ1v) is 10.1. The first-order valence-electron chi connectivity index (χ1n) is 6.66. The number of phosphoric acid groups is 1. The molecular weight excluding hydrogens is 337 g/mol.